The lowest BCUT2D eigenvalue weighted by atomic mass is 9.76. The van der Waals surface area contributed by atoms with Gasteiger partial charge < -0.3 is 21.7 Å². The molecule has 0 aliphatic heterocycles. The van der Waals surface area contributed by atoms with Gasteiger partial charge in [0.1, 0.15) is 23.6 Å². The first-order valence-electron chi connectivity index (χ1n) is 15.0. The van der Waals surface area contributed by atoms with Gasteiger partial charge in [0.2, 0.25) is 2.82 Å². The number of nitrogens with one attached hydrogen (secondary N) is 2. The van der Waals surface area contributed by atoms with Crippen molar-refractivity contribution in [3.8, 4) is 11.1 Å². The average molecular weight is 689 g/mol. The molecule has 2 aliphatic carbocycles. The lowest BCUT2D eigenvalue weighted by Gasteiger charge is -2.40. The van der Waals surface area contributed by atoms with E-state index in [1.807, 2.05) is 0 Å². The van der Waals surface area contributed by atoms with E-state index in [-0.39, 0.29) is 44.8 Å². The third-order valence-electron chi connectivity index (χ3n) is 9.06. The standard InChI is InChI=1S/C32H28N6O8S2/c33-25-21-5-1-3-7-23(21)31(47(41,42)43,29(39)27(25)37-35)19-13-9-17(10-14-19)18-11-15-20(16-12-18)32(48(44,45)46)24-8-4-2-6-22(24)26(34)28(38-36)30(32)40/h1-16,29-30,35-36,39-40H,33-34H2,(H,41,42,43)(H,44,45,46)/b37-35+,38-36+. The highest BCUT2D eigenvalue weighted by Gasteiger charge is 2.59. The Kier molecular flexibility index (Phi) is 7.09. The van der Waals surface area contributed by atoms with E-state index < -0.39 is 53.3 Å². The first kappa shape index (κ1) is 30.2. The van der Waals surface area contributed by atoms with Crippen LogP contribution in [0.3, 0.4) is 0 Å². The second-order valence-electron chi connectivity index (χ2n) is 11.3. The molecular weight excluding hydrogens is 661 g/mol. The number of fused-ring (bicyclic) bond motifs is 2. The van der Waals surface area contributed by atoms with Crippen LogP contribution in [-0.2, 0) is 29.7 Å². The van der Waals surface area contributed by atoms with Crippen LogP contribution in [-0.4, -0.2) is 48.4 Å². The molecule has 4 aromatic rings. The summed E-state index contributed by atoms with van der Waals surface area (Å²) in [5.74, 6) is 0. The summed E-state index contributed by atoms with van der Waals surface area (Å²) >= 11 is 0. The van der Waals surface area contributed by atoms with Crippen LogP contribution in [0.4, 0.5) is 0 Å². The molecule has 14 nitrogen and oxygen atoms in total. The van der Waals surface area contributed by atoms with E-state index in [1.165, 1.54) is 84.9 Å². The minimum atomic E-state index is -5.18. The smallest absolute Gasteiger partial charge is 0.282 e. The van der Waals surface area contributed by atoms with Crippen LogP contribution in [0.25, 0.3) is 22.5 Å². The van der Waals surface area contributed by atoms with Crippen LogP contribution < -0.4 is 11.5 Å². The second kappa shape index (κ2) is 11.3. The molecule has 0 saturated carbocycles. The number of hydrogen-bond acceptors (Lipinski definition) is 12. The highest BCUT2D eigenvalue weighted by molar-refractivity contribution is 7.87. The van der Waals surface area contributed by atoms with Crippen LogP contribution in [0.2, 0.25) is 2.82 Å². The summed E-state index contributed by atoms with van der Waals surface area (Å²) in [6, 6.07) is 23.4. The van der Waals surface area contributed by atoms with Gasteiger partial charge in [-0.1, -0.05) is 97.1 Å². The number of aliphatic hydroxyl groups is 2. The van der Waals surface area contributed by atoms with E-state index in [0.717, 1.165) is 0 Å². The van der Waals surface area contributed by atoms with E-state index in [2.05, 4.69) is 21.3 Å². The summed E-state index contributed by atoms with van der Waals surface area (Å²) in [5, 5.41) is 30.1. The molecular formula is C32H28N6O8S2. The van der Waals surface area contributed by atoms with Crippen molar-refractivity contribution in [2.75, 3.05) is 0 Å². The van der Waals surface area contributed by atoms with Gasteiger partial charge in [-0.05, 0) is 33.4 Å². The molecule has 10 N–H and O–H groups in total. The SMILES string of the molecule is [H]/N=N/C1=C(N)c2ccccc2C(c2ccc(-c3ccc(C4(S(=O)(=O)O)c5ccccc5C(N)=C(/N=N/[H])C4O)cc3)cc2)(S(=O)(=O)O)C1O. The van der Waals surface area contributed by atoms with Gasteiger partial charge in [0.25, 0.3) is 20.2 Å². The predicted molar refractivity (Wildman–Crippen MR) is 174 cm³/mol. The average Bonchev–Trinajstić information content (AvgIpc) is 3.08. The van der Waals surface area contributed by atoms with Crippen molar-refractivity contribution >= 4 is 31.6 Å². The van der Waals surface area contributed by atoms with Crippen molar-refractivity contribution in [1.29, 1.82) is 11.0 Å². The summed E-state index contributed by atoms with van der Waals surface area (Å²) < 4.78 is 83.9. The van der Waals surface area contributed by atoms with E-state index >= 15 is 0 Å². The Balaban J connectivity index is 1.48. The minimum Gasteiger partial charge on any atom is -0.397 e. The Morgan fingerprint density at radius 1 is 0.604 bits per heavy atom. The van der Waals surface area contributed by atoms with Crippen molar-refractivity contribution in [2.45, 2.75) is 21.7 Å². The topological polar surface area (TPSA) is 274 Å². The Labute approximate surface area is 277 Å². The molecule has 4 unspecified atom stereocenters. The van der Waals surface area contributed by atoms with Gasteiger partial charge in [0, 0.05) is 11.1 Å². The number of nitrogens with two attached hydrogens (primary N) is 2. The Morgan fingerprint density at radius 2 is 0.938 bits per heavy atom. The molecule has 48 heavy (non-hydrogen) atoms. The zero-order valence-corrected chi connectivity index (χ0v) is 26.2. The Bertz CT molecular complexity index is 2200. The van der Waals surface area contributed by atoms with Gasteiger partial charge in [-0.2, -0.15) is 27.1 Å². The highest BCUT2D eigenvalue weighted by atomic mass is 32.2. The maximum atomic E-state index is 13.3. The van der Waals surface area contributed by atoms with Crippen LogP contribution >= 0.6 is 0 Å². The van der Waals surface area contributed by atoms with Gasteiger partial charge in [-0.3, -0.25) is 9.11 Å². The fourth-order valence-corrected chi connectivity index (χ4v) is 9.42. The summed E-state index contributed by atoms with van der Waals surface area (Å²) in [6.07, 6.45) is -4.15. The molecule has 6 rings (SSSR count). The Hall–Kier alpha value is -5.10. The number of aliphatic hydroxyl groups excluding tert-OH is 2. The molecule has 0 saturated heterocycles. The number of hydrogen-bond donors (Lipinski definition) is 8. The maximum absolute atomic E-state index is 13.3. The summed E-state index contributed by atoms with van der Waals surface area (Å²) in [6.45, 7) is 0. The molecule has 246 valence electrons. The third-order valence-corrected chi connectivity index (χ3v) is 12.1. The largest absolute Gasteiger partial charge is 0.397 e. The molecule has 0 aromatic heterocycles. The number of rotatable bonds is 7. The quantitative estimate of drug-likeness (QED) is 0.103. The molecule has 4 aromatic carbocycles. The number of nitrogens with zero attached hydrogens (tertiary/aromatic N) is 2. The molecule has 0 fully saturated rings. The van der Waals surface area contributed by atoms with Gasteiger partial charge in [0.15, 0.2) is 9.49 Å². The predicted octanol–water partition coefficient (Wildman–Crippen LogP) is 3.68. The summed E-state index contributed by atoms with van der Waals surface area (Å²) in [7, 11) is -10.4. The zero-order chi connectivity index (χ0) is 36.2. The van der Waals surface area contributed by atoms with Crippen molar-refractivity contribution in [2.24, 2.45) is 21.7 Å². The Morgan fingerprint density at radius 3 is 1.25 bits per heavy atom. The minimum absolute atomic E-state index is 0.0330. The molecule has 0 heterocycles. The molecule has 0 bridgehead atoms. The van der Waals surface area contributed by atoms with Crippen molar-refractivity contribution in [3.63, 3.8) is 0 Å². The van der Waals surface area contributed by atoms with Gasteiger partial charge in [-0.15, -0.1) is 0 Å². The fourth-order valence-electron chi connectivity index (χ4n) is 6.86. The molecule has 0 amide bonds. The van der Waals surface area contributed by atoms with E-state index in [0.29, 0.717) is 11.1 Å². The maximum Gasteiger partial charge on any atom is 0.282 e. The summed E-state index contributed by atoms with van der Waals surface area (Å²) in [5.41, 5.74) is 18.2. The van der Waals surface area contributed by atoms with Crippen molar-refractivity contribution < 1.29 is 39.0 Å². The van der Waals surface area contributed by atoms with Crippen LogP contribution in [0, 0.1) is 11.0 Å². The van der Waals surface area contributed by atoms with Crippen molar-refractivity contribution in [1.82, 2.24) is 0 Å². The van der Waals surface area contributed by atoms with Crippen molar-refractivity contribution in [3.05, 3.63) is 142 Å². The number of benzene rings is 4. The lowest BCUT2D eigenvalue weighted by molar-refractivity contribution is 0.162. The van der Waals surface area contributed by atoms with Gasteiger partial charge in [-0.25, -0.2) is 11.0 Å². The first-order chi connectivity index (χ1) is 23.7. The molecule has 16 heteroatoms. The highest BCUT2D eigenvalue weighted by Crippen LogP contribution is 2.51. The van der Waals surface area contributed by atoms with Gasteiger partial charge >= 0.3 is 0 Å². The van der Waals surface area contributed by atoms with E-state index in [9.17, 15) is 36.2 Å². The van der Waals surface area contributed by atoms with Gasteiger partial charge in [0.05, 0.1) is 11.4 Å². The summed E-state index contributed by atoms with van der Waals surface area (Å²) in [4.78, 5) is 0. The van der Waals surface area contributed by atoms with E-state index in [1.54, 1.807) is 12.1 Å². The molecule has 0 radical (unpaired) electrons. The van der Waals surface area contributed by atoms with Crippen LogP contribution in [0.15, 0.2) is 119 Å². The monoisotopic (exact) mass is 688 g/mol. The molecule has 0 spiro atoms. The lowest BCUT2D eigenvalue weighted by Crippen LogP contribution is -2.51. The normalized spacial score (nSPS) is 25.2. The van der Waals surface area contributed by atoms with Crippen LogP contribution in [0.1, 0.15) is 33.4 Å². The van der Waals surface area contributed by atoms with E-state index in [4.69, 9.17) is 14.3 Å². The molecule has 2 aliphatic rings. The third kappa shape index (κ3) is 4.31. The first-order valence-corrected chi connectivity index (χ1v) is 17.0. The fraction of sp³-hybridized carbons (Fsp3) is 0.125. The van der Waals surface area contributed by atoms with Crippen LogP contribution in [0.5, 0.6) is 0 Å². The molecule has 4 atom stereocenters. The second-order valence-corrected chi connectivity index (χ2v) is 14.5. The zero-order valence-electron chi connectivity index (χ0n) is 26.6.